The molecule has 8 heteroatoms. The zero-order valence-corrected chi connectivity index (χ0v) is 14.6. The number of nitrogens with zero attached hydrogens (tertiary/aromatic N) is 5. The van der Waals surface area contributed by atoms with E-state index in [0.29, 0.717) is 23.9 Å². The molecule has 26 heavy (non-hydrogen) atoms. The van der Waals surface area contributed by atoms with E-state index in [9.17, 15) is 9.18 Å². The van der Waals surface area contributed by atoms with Crippen LogP contribution in [0.1, 0.15) is 40.9 Å². The number of H-pyrrole nitrogens is 1. The smallest absolute Gasteiger partial charge is 0.272 e. The van der Waals surface area contributed by atoms with Crippen molar-refractivity contribution in [1.82, 2.24) is 29.9 Å². The predicted octanol–water partition coefficient (Wildman–Crippen LogP) is 2.63. The first-order valence-electron chi connectivity index (χ1n) is 8.53. The molecule has 0 unspecified atom stereocenters. The van der Waals surface area contributed by atoms with Crippen molar-refractivity contribution in [3.63, 3.8) is 0 Å². The molecule has 1 aromatic carbocycles. The summed E-state index contributed by atoms with van der Waals surface area (Å²) in [5.41, 5.74) is 2.10. The molecule has 1 aliphatic heterocycles. The maximum atomic E-state index is 13.1. The Hall–Kier alpha value is -3.03. The second kappa shape index (κ2) is 6.36. The lowest BCUT2D eigenvalue weighted by Gasteiger charge is -2.22. The third-order valence-electron chi connectivity index (χ3n) is 4.66. The summed E-state index contributed by atoms with van der Waals surface area (Å²) in [6, 6.07) is 7.67. The fourth-order valence-electron chi connectivity index (χ4n) is 3.40. The lowest BCUT2D eigenvalue weighted by atomic mass is 10.2. The summed E-state index contributed by atoms with van der Waals surface area (Å²) in [4.78, 5) is 19.3. The van der Waals surface area contributed by atoms with Gasteiger partial charge in [0.25, 0.3) is 5.91 Å². The molecule has 2 aromatic heterocycles. The topological polar surface area (TPSA) is 79.7 Å². The number of amides is 1. The molecule has 0 aliphatic carbocycles. The van der Waals surface area contributed by atoms with Crippen molar-refractivity contribution >= 4 is 5.91 Å². The highest BCUT2D eigenvalue weighted by Crippen LogP contribution is 2.32. The molecular formula is C18H19FN6O. The van der Waals surface area contributed by atoms with Crippen LogP contribution in [0.25, 0.3) is 11.4 Å². The maximum Gasteiger partial charge on any atom is 0.272 e. The lowest BCUT2D eigenvalue weighted by Crippen LogP contribution is -2.32. The van der Waals surface area contributed by atoms with Gasteiger partial charge in [0.05, 0.1) is 11.7 Å². The monoisotopic (exact) mass is 354 g/mol. The Bertz CT molecular complexity index is 945. The van der Waals surface area contributed by atoms with Crippen LogP contribution in [0.5, 0.6) is 0 Å². The van der Waals surface area contributed by atoms with Gasteiger partial charge < -0.3 is 4.90 Å². The van der Waals surface area contributed by atoms with Gasteiger partial charge in [-0.15, -0.1) is 0 Å². The molecule has 134 valence electrons. The molecule has 1 fully saturated rings. The molecule has 3 heterocycles. The summed E-state index contributed by atoms with van der Waals surface area (Å²) >= 11 is 0. The second-order valence-electron chi connectivity index (χ2n) is 6.50. The van der Waals surface area contributed by atoms with Crippen LogP contribution in [0.4, 0.5) is 4.39 Å². The molecule has 4 rings (SSSR count). The third-order valence-corrected chi connectivity index (χ3v) is 4.66. The number of benzene rings is 1. The van der Waals surface area contributed by atoms with Crippen LogP contribution in [0, 0.1) is 12.7 Å². The average molecular weight is 354 g/mol. The maximum absolute atomic E-state index is 13.1. The summed E-state index contributed by atoms with van der Waals surface area (Å²) < 4.78 is 14.7. The number of rotatable bonds is 3. The van der Waals surface area contributed by atoms with E-state index in [1.54, 1.807) is 29.9 Å². The van der Waals surface area contributed by atoms with Crippen LogP contribution in [0.2, 0.25) is 0 Å². The van der Waals surface area contributed by atoms with E-state index in [1.165, 1.54) is 12.1 Å². The van der Waals surface area contributed by atoms with Gasteiger partial charge in [0, 0.05) is 19.2 Å². The molecule has 0 radical (unpaired) electrons. The lowest BCUT2D eigenvalue weighted by molar-refractivity contribution is 0.0719. The first-order valence-corrected chi connectivity index (χ1v) is 8.53. The van der Waals surface area contributed by atoms with Gasteiger partial charge in [-0.3, -0.25) is 14.6 Å². The van der Waals surface area contributed by atoms with Crippen LogP contribution in [0.3, 0.4) is 0 Å². The molecule has 7 nitrogen and oxygen atoms in total. The van der Waals surface area contributed by atoms with Gasteiger partial charge in [0.15, 0.2) is 5.82 Å². The van der Waals surface area contributed by atoms with E-state index in [-0.39, 0.29) is 17.8 Å². The SMILES string of the molecule is Cc1cc(C(=O)N2CCC[C@H]2c2nc(-c3ccc(F)cc3)n[nH]2)n(C)n1. The van der Waals surface area contributed by atoms with E-state index in [2.05, 4.69) is 20.3 Å². The molecule has 1 amide bonds. The normalized spacial score (nSPS) is 17.0. The molecule has 0 saturated carbocycles. The highest BCUT2D eigenvalue weighted by molar-refractivity contribution is 5.93. The summed E-state index contributed by atoms with van der Waals surface area (Å²) in [5, 5.41) is 11.4. The number of hydrogen-bond donors (Lipinski definition) is 1. The van der Waals surface area contributed by atoms with Gasteiger partial charge in [0.1, 0.15) is 17.3 Å². The molecule has 3 aromatic rings. The zero-order chi connectivity index (χ0) is 18.3. The number of hydrogen-bond acceptors (Lipinski definition) is 4. The van der Waals surface area contributed by atoms with Gasteiger partial charge >= 0.3 is 0 Å². The van der Waals surface area contributed by atoms with Crippen molar-refractivity contribution in [2.45, 2.75) is 25.8 Å². The first kappa shape index (κ1) is 16.4. The highest BCUT2D eigenvalue weighted by atomic mass is 19.1. The van der Waals surface area contributed by atoms with Crippen molar-refractivity contribution in [1.29, 1.82) is 0 Å². The van der Waals surface area contributed by atoms with Crippen LogP contribution >= 0.6 is 0 Å². The van der Waals surface area contributed by atoms with E-state index in [1.807, 2.05) is 11.8 Å². The number of halogens is 1. The Balaban J connectivity index is 1.60. The van der Waals surface area contributed by atoms with E-state index in [4.69, 9.17) is 0 Å². The van der Waals surface area contributed by atoms with Crippen molar-refractivity contribution in [3.8, 4) is 11.4 Å². The number of aryl methyl sites for hydroxylation is 2. The van der Waals surface area contributed by atoms with Crippen molar-refractivity contribution in [2.75, 3.05) is 6.54 Å². The van der Waals surface area contributed by atoms with Gasteiger partial charge in [-0.25, -0.2) is 9.37 Å². The number of likely N-dealkylation sites (tertiary alicyclic amines) is 1. The summed E-state index contributed by atoms with van der Waals surface area (Å²) in [6.45, 7) is 2.53. The van der Waals surface area contributed by atoms with Crippen LogP contribution < -0.4 is 0 Å². The minimum absolute atomic E-state index is 0.0599. The standard InChI is InChI=1S/C18H19FN6O/c1-11-10-15(24(2)23-11)18(26)25-9-3-4-14(25)17-20-16(21-22-17)12-5-7-13(19)8-6-12/h5-8,10,14H,3-4,9H2,1-2H3,(H,20,21,22)/t14-/m0/s1. The molecule has 1 N–H and O–H groups in total. The average Bonchev–Trinajstić information content (AvgIpc) is 3.33. The highest BCUT2D eigenvalue weighted by Gasteiger charge is 2.34. The first-order chi connectivity index (χ1) is 12.5. The number of nitrogens with one attached hydrogen (secondary N) is 1. The van der Waals surface area contributed by atoms with Crippen molar-refractivity contribution in [2.24, 2.45) is 7.05 Å². The fourth-order valence-corrected chi connectivity index (χ4v) is 3.40. The Morgan fingerprint density at radius 1 is 1.31 bits per heavy atom. The summed E-state index contributed by atoms with van der Waals surface area (Å²) in [7, 11) is 1.77. The Morgan fingerprint density at radius 2 is 2.08 bits per heavy atom. The molecular weight excluding hydrogens is 335 g/mol. The Kier molecular flexibility index (Phi) is 4.02. The van der Waals surface area contributed by atoms with Crippen molar-refractivity contribution < 1.29 is 9.18 Å². The minimum atomic E-state index is -0.302. The molecule has 1 atom stereocenters. The molecule has 0 spiro atoms. The number of aromatic amines is 1. The van der Waals surface area contributed by atoms with Gasteiger partial charge in [0.2, 0.25) is 0 Å². The zero-order valence-electron chi connectivity index (χ0n) is 14.6. The predicted molar refractivity (Wildman–Crippen MR) is 92.7 cm³/mol. The van der Waals surface area contributed by atoms with Gasteiger partial charge in [-0.2, -0.15) is 10.2 Å². The van der Waals surface area contributed by atoms with Crippen LogP contribution in [0.15, 0.2) is 30.3 Å². The third kappa shape index (κ3) is 2.87. The summed E-state index contributed by atoms with van der Waals surface area (Å²) in [6.07, 6.45) is 1.72. The van der Waals surface area contributed by atoms with E-state index in [0.717, 1.165) is 24.1 Å². The molecule has 0 bridgehead atoms. The second-order valence-corrected chi connectivity index (χ2v) is 6.50. The molecule has 1 aliphatic rings. The van der Waals surface area contributed by atoms with E-state index >= 15 is 0 Å². The fraction of sp³-hybridized carbons (Fsp3) is 0.333. The van der Waals surface area contributed by atoms with Crippen LogP contribution in [-0.4, -0.2) is 42.3 Å². The number of carbonyl (C=O) groups excluding carboxylic acids is 1. The van der Waals surface area contributed by atoms with Gasteiger partial charge in [-0.1, -0.05) is 0 Å². The number of aromatic nitrogens is 5. The summed E-state index contributed by atoms with van der Waals surface area (Å²) in [5.74, 6) is 0.781. The Morgan fingerprint density at radius 3 is 2.77 bits per heavy atom. The van der Waals surface area contributed by atoms with Gasteiger partial charge in [-0.05, 0) is 50.1 Å². The molecule has 1 saturated heterocycles. The quantitative estimate of drug-likeness (QED) is 0.784. The van der Waals surface area contributed by atoms with E-state index < -0.39 is 0 Å². The van der Waals surface area contributed by atoms with Crippen LogP contribution in [-0.2, 0) is 7.05 Å². The number of carbonyl (C=O) groups is 1. The van der Waals surface area contributed by atoms with Crippen molar-refractivity contribution in [3.05, 3.63) is 53.4 Å². The largest absolute Gasteiger partial charge is 0.327 e. The minimum Gasteiger partial charge on any atom is -0.327 e. The Labute approximate surface area is 149 Å².